The Morgan fingerprint density at radius 2 is 2.36 bits per heavy atom. The molecule has 1 heterocycles. The molecule has 0 unspecified atom stereocenters. The highest BCUT2D eigenvalue weighted by Gasteiger charge is 1.91. The minimum atomic E-state index is 0.741. The third-order valence-corrected chi connectivity index (χ3v) is 1.68. The van der Waals surface area contributed by atoms with Crippen LogP contribution < -0.4 is 10.1 Å². The second-order valence-corrected chi connectivity index (χ2v) is 2.77. The Kier molecular flexibility index (Phi) is 4.53. The largest absolute Gasteiger partial charge is 0.495 e. The summed E-state index contributed by atoms with van der Waals surface area (Å²) < 4.78 is 5.04. The van der Waals surface area contributed by atoms with Crippen molar-refractivity contribution in [2.45, 2.75) is 6.42 Å². The molecule has 0 aliphatic heterocycles. The van der Waals surface area contributed by atoms with Crippen LogP contribution >= 0.6 is 0 Å². The second kappa shape index (κ2) is 6.01. The Balaban J connectivity index is 2.60. The molecule has 0 spiro atoms. The van der Waals surface area contributed by atoms with Gasteiger partial charge >= 0.3 is 0 Å². The molecule has 0 aliphatic carbocycles. The highest BCUT2D eigenvalue weighted by Crippen LogP contribution is 2.08. The molecule has 3 nitrogen and oxygen atoms in total. The fraction of sp³-hybridized carbons (Fsp3) is 0.364. The Bertz CT molecular complexity index is 339. The van der Waals surface area contributed by atoms with Gasteiger partial charge in [-0.2, -0.15) is 0 Å². The Morgan fingerprint density at radius 1 is 1.50 bits per heavy atom. The first-order valence-electron chi connectivity index (χ1n) is 4.49. The zero-order valence-electron chi connectivity index (χ0n) is 8.50. The molecule has 1 aromatic rings. The van der Waals surface area contributed by atoms with Crippen LogP contribution in [0.4, 0.5) is 0 Å². The fourth-order valence-corrected chi connectivity index (χ4v) is 0.951. The van der Waals surface area contributed by atoms with Gasteiger partial charge in [0, 0.05) is 24.7 Å². The van der Waals surface area contributed by atoms with Gasteiger partial charge in [0.05, 0.1) is 13.3 Å². The van der Waals surface area contributed by atoms with Crippen LogP contribution in [0.25, 0.3) is 0 Å². The van der Waals surface area contributed by atoms with Crippen LogP contribution in [0.2, 0.25) is 0 Å². The number of ether oxygens (including phenoxy) is 1. The van der Waals surface area contributed by atoms with Crippen LogP contribution in [0.1, 0.15) is 12.0 Å². The van der Waals surface area contributed by atoms with Gasteiger partial charge in [-0.15, -0.1) is 0 Å². The van der Waals surface area contributed by atoms with Crippen molar-refractivity contribution in [3.8, 4) is 17.6 Å². The first-order chi connectivity index (χ1) is 6.86. The minimum absolute atomic E-state index is 0.741. The highest BCUT2D eigenvalue weighted by atomic mass is 16.5. The molecule has 0 aromatic carbocycles. The molecule has 1 aromatic heterocycles. The Morgan fingerprint density at radius 3 is 3.07 bits per heavy atom. The maximum absolute atomic E-state index is 5.04. The molecule has 0 saturated carbocycles. The molecule has 0 saturated heterocycles. The molecule has 0 atom stereocenters. The zero-order valence-corrected chi connectivity index (χ0v) is 8.50. The maximum Gasteiger partial charge on any atom is 0.138 e. The number of aromatic nitrogens is 1. The maximum atomic E-state index is 5.04. The number of nitrogens with zero attached hydrogens (tertiary/aromatic N) is 1. The normalized spacial score (nSPS) is 9.00. The van der Waals surface area contributed by atoms with Gasteiger partial charge in [-0.3, -0.25) is 4.98 Å². The third kappa shape index (κ3) is 3.46. The topological polar surface area (TPSA) is 34.2 Å². The van der Waals surface area contributed by atoms with Crippen molar-refractivity contribution >= 4 is 0 Å². The van der Waals surface area contributed by atoms with Crippen LogP contribution in [0, 0.1) is 11.8 Å². The molecule has 14 heavy (non-hydrogen) atoms. The van der Waals surface area contributed by atoms with Crippen molar-refractivity contribution in [1.29, 1.82) is 0 Å². The van der Waals surface area contributed by atoms with Crippen LogP contribution in [-0.2, 0) is 0 Å². The van der Waals surface area contributed by atoms with Crippen molar-refractivity contribution in [2.75, 3.05) is 20.7 Å². The molecule has 0 fully saturated rings. The quantitative estimate of drug-likeness (QED) is 0.571. The standard InChI is InChI=1S/C11H14N2O/c1-12-6-4-3-5-10-7-11(14-2)9-13-8-10/h7-9,12H,4,6H2,1-2H3. The van der Waals surface area contributed by atoms with Gasteiger partial charge in [-0.05, 0) is 13.1 Å². The van der Waals surface area contributed by atoms with Gasteiger partial charge in [0.1, 0.15) is 5.75 Å². The molecular weight excluding hydrogens is 176 g/mol. The lowest BCUT2D eigenvalue weighted by molar-refractivity contribution is 0.413. The SMILES string of the molecule is CNCCC#Cc1cncc(OC)c1. The molecule has 1 rings (SSSR count). The smallest absolute Gasteiger partial charge is 0.138 e. The van der Waals surface area contributed by atoms with Crippen LogP contribution in [0.5, 0.6) is 5.75 Å². The van der Waals surface area contributed by atoms with Gasteiger partial charge in [0.2, 0.25) is 0 Å². The molecule has 0 aliphatic rings. The van der Waals surface area contributed by atoms with Crippen LogP contribution in [0.15, 0.2) is 18.5 Å². The van der Waals surface area contributed by atoms with E-state index in [1.165, 1.54) is 0 Å². The molecule has 0 radical (unpaired) electrons. The first-order valence-corrected chi connectivity index (χ1v) is 4.49. The van der Waals surface area contributed by atoms with Gasteiger partial charge in [-0.25, -0.2) is 0 Å². The summed E-state index contributed by atoms with van der Waals surface area (Å²) in [6.45, 7) is 0.907. The molecule has 3 heteroatoms. The van der Waals surface area contributed by atoms with E-state index in [9.17, 15) is 0 Å². The van der Waals surface area contributed by atoms with E-state index in [0.29, 0.717) is 0 Å². The third-order valence-electron chi connectivity index (χ3n) is 1.68. The van der Waals surface area contributed by atoms with Crippen molar-refractivity contribution in [3.63, 3.8) is 0 Å². The van der Waals surface area contributed by atoms with Gasteiger partial charge in [-0.1, -0.05) is 11.8 Å². The first kappa shape index (κ1) is 10.6. The van der Waals surface area contributed by atoms with Crippen molar-refractivity contribution < 1.29 is 4.74 Å². The van der Waals surface area contributed by atoms with Gasteiger partial charge in [0.25, 0.3) is 0 Å². The van der Waals surface area contributed by atoms with Crippen LogP contribution in [-0.4, -0.2) is 25.7 Å². The minimum Gasteiger partial charge on any atom is -0.495 e. The van der Waals surface area contributed by atoms with E-state index in [1.807, 2.05) is 13.1 Å². The summed E-state index contributed by atoms with van der Waals surface area (Å²) in [5, 5.41) is 3.03. The number of hydrogen-bond acceptors (Lipinski definition) is 3. The lowest BCUT2D eigenvalue weighted by atomic mass is 10.2. The summed E-state index contributed by atoms with van der Waals surface area (Å²) in [6, 6.07) is 1.87. The highest BCUT2D eigenvalue weighted by molar-refractivity contribution is 5.36. The number of pyridine rings is 1. The van der Waals surface area contributed by atoms with E-state index in [1.54, 1.807) is 19.5 Å². The lowest BCUT2D eigenvalue weighted by Crippen LogP contribution is -2.05. The molecular formula is C11H14N2O. The zero-order chi connectivity index (χ0) is 10.2. The second-order valence-electron chi connectivity index (χ2n) is 2.77. The number of hydrogen-bond donors (Lipinski definition) is 1. The summed E-state index contributed by atoms with van der Waals surface area (Å²) in [7, 11) is 3.53. The van der Waals surface area contributed by atoms with Crippen molar-refractivity contribution in [3.05, 3.63) is 24.0 Å². The van der Waals surface area contributed by atoms with Gasteiger partial charge < -0.3 is 10.1 Å². The van der Waals surface area contributed by atoms with E-state index < -0.39 is 0 Å². The lowest BCUT2D eigenvalue weighted by Gasteiger charge is -1.97. The predicted octanol–water partition coefficient (Wildman–Crippen LogP) is 1.05. The average Bonchev–Trinajstić information content (AvgIpc) is 2.25. The molecule has 74 valence electrons. The summed E-state index contributed by atoms with van der Waals surface area (Å²) in [5.41, 5.74) is 0.889. The fourth-order valence-electron chi connectivity index (χ4n) is 0.951. The summed E-state index contributed by atoms with van der Waals surface area (Å²) in [5.74, 6) is 6.81. The number of nitrogens with one attached hydrogen (secondary N) is 1. The Labute approximate surface area is 84.5 Å². The predicted molar refractivity (Wildman–Crippen MR) is 56.2 cm³/mol. The summed E-state index contributed by atoms with van der Waals surface area (Å²) >= 11 is 0. The average molecular weight is 190 g/mol. The summed E-state index contributed by atoms with van der Waals surface area (Å²) in [4.78, 5) is 4.01. The van der Waals surface area contributed by atoms with Crippen molar-refractivity contribution in [2.24, 2.45) is 0 Å². The van der Waals surface area contributed by atoms with E-state index in [0.717, 1.165) is 24.3 Å². The molecule has 1 N–H and O–H groups in total. The Hall–Kier alpha value is -1.53. The monoisotopic (exact) mass is 190 g/mol. The molecule has 0 amide bonds. The molecule has 0 bridgehead atoms. The van der Waals surface area contributed by atoms with Crippen molar-refractivity contribution in [1.82, 2.24) is 10.3 Å². The van der Waals surface area contributed by atoms with E-state index in [-0.39, 0.29) is 0 Å². The van der Waals surface area contributed by atoms with E-state index in [4.69, 9.17) is 4.74 Å². The van der Waals surface area contributed by atoms with Gasteiger partial charge in [0.15, 0.2) is 0 Å². The number of rotatable bonds is 3. The summed E-state index contributed by atoms with van der Waals surface area (Å²) in [6.07, 6.45) is 4.24. The van der Waals surface area contributed by atoms with E-state index >= 15 is 0 Å². The number of methoxy groups -OCH3 is 1. The van der Waals surface area contributed by atoms with Crippen LogP contribution in [0.3, 0.4) is 0 Å². The van der Waals surface area contributed by atoms with E-state index in [2.05, 4.69) is 22.1 Å².